The van der Waals surface area contributed by atoms with E-state index < -0.39 is 0 Å². The Bertz CT molecular complexity index is 2920. The highest BCUT2D eigenvalue weighted by Gasteiger charge is 2.23. The number of para-hydroxylation sites is 2. The van der Waals surface area contributed by atoms with Crippen LogP contribution < -0.4 is 0 Å². The average molecular weight is 583 g/mol. The number of rotatable bonds is 2. The van der Waals surface area contributed by atoms with E-state index in [-0.39, 0.29) is 0 Å². The van der Waals surface area contributed by atoms with Crippen molar-refractivity contribution in [3.8, 4) is 33.6 Å². The van der Waals surface area contributed by atoms with Gasteiger partial charge in [0.25, 0.3) is 0 Å². The van der Waals surface area contributed by atoms with Crippen molar-refractivity contribution in [3.05, 3.63) is 158 Å². The van der Waals surface area contributed by atoms with E-state index in [1.165, 1.54) is 98.8 Å². The van der Waals surface area contributed by atoms with E-state index in [4.69, 9.17) is 0 Å². The smallest absolute Gasteiger partial charge is 0.0547 e. The molecule has 0 aliphatic heterocycles. The number of benzene rings is 8. The number of aromatic nitrogens is 2. The second-order valence-corrected chi connectivity index (χ2v) is 12.6. The van der Waals surface area contributed by atoms with Gasteiger partial charge in [0, 0.05) is 32.9 Å². The summed E-state index contributed by atoms with van der Waals surface area (Å²) in [6.07, 6.45) is 0. The van der Waals surface area contributed by atoms with Gasteiger partial charge in [-0.15, -0.1) is 0 Å². The van der Waals surface area contributed by atoms with Crippen molar-refractivity contribution in [1.82, 2.24) is 9.13 Å². The molecule has 2 heterocycles. The summed E-state index contributed by atoms with van der Waals surface area (Å²) in [5, 5.41) is 10.2. The zero-order chi connectivity index (χ0) is 29.9. The first kappa shape index (κ1) is 24.2. The van der Waals surface area contributed by atoms with Crippen molar-refractivity contribution in [2.75, 3.05) is 0 Å². The number of fused-ring (bicyclic) bond motifs is 10. The largest absolute Gasteiger partial charge is 0.309 e. The van der Waals surface area contributed by atoms with Crippen LogP contribution in [0.2, 0.25) is 0 Å². The molecule has 0 fully saturated rings. The van der Waals surface area contributed by atoms with Crippen LogP contribution in [-0.4, -0.2) is 9.13 Å². The molecule has 2 nitrogen and oxygen atoms in total. The van der Waals surface area contributed by atoms with Crippen molar-refractivity contribution in [3.63, 3.8) is 0 Å². The molecule has 0 amide bonds. The molecule has 2 heteroatoms. The Hall–Kier alpha value is -6.12. The molecule has 0 saturated carbocycles. The van der Waals surface area contributed by atoms with Crippen molar-refractivity contribution >= 4 is 65.2 Å². The molecular formula is C44H26N2. The van der Waals surface area contributed by atoms with Crippen LogP contribution in [0.25, 0.3) is 98.8 Å². The monoisotopic (exact) mass is 582 g/mol. The molecule has 0 atom stereocenters. The maximum Gasteiger partial charge on any atom is 0.0547 e. The lowest BCUT2D eigenvalue weighted by Crippen LogP contribution is -1.96. The zero-order valence-corrected chi connectivity index (χ0v) is 24.9. The molecule has 1 aliphatic carbocycles. The Kier molecular flexibility index (Phi) is 4.61. The summed E-state index contributed by atoms with van der Waals surface area (Å²) >= 11 is 0. The Labute approximate surface area is 265 Å². The average Bonchev–Trinajstić information content (AvgIpc) is 3.73. The van der Waals surface area contributed by atoms with E-state index in [1.54, 1.807) is 0 Å². The molecule has 0 radical (unpaired) electrons. The minimum absolute atomic E-state index is 1.17. The highest BCUT2D eigenvalue weighted by atomic mass is 15.0. The molecule has 0 bridgehead atoms. The van der Waals surface area contributed by atoms with E-state index in [0.29, 0.717) is 0 Å². The van der Waals surface area contributed by atoms with Gasteiger partial charge in [0.15, 0.2) is 0 Å². The van der Waals surface area contributed by atoms with E-state index in [9.17, 15) is 0 Å². The van der Waals surface area contributed by atoms with Crippen molar-refractivity contribution < 1.29 is 0 Å². The Balaban J connectivity index is 1.20. The summed E-state index contributed by atoms with van der Waals surface area (Å²) in [6.45, 7) is 0. The Morgan fingerprint density at radius 1 is 0.283 bits per heavy atom. The van der Waals surface area contributed by atoms with Crippen LogP contribution in [0.1, 0.15) is 0 Å². The highest BCUT2D eigenvalue weighted by Crippen LogP contribution is 2.48. The standard InChI is InChI=1S/C44H26N2/c1-2-11-28-24-43-37(23-27(28)10-1)34-15-5-7-18-40(34)45(43)30-20-21-42-38(25-30)35-16-6-8-19-41(35)46(42)31-22-29-12-9-17-36-32-13-3-4-14-33(32)39(26-31)44(29)36/h1-26H. The fourth-order valence-corrected chi connectivity index (χ4v) is 8.24. The number of hydrogen-bond donors (Lipinski definition) is 0. The summed E-state index contributed by atoms with van der Waals surface area (Å²) in [6, 6.07) is 58.3. The lowest BCUT2D eigenvalue weighted by Gasteiger charge is -2.13. The second-order valence-electron chi connectivity index (χ2n) is 12.6. The van der Waals surface area contributed by atoms with Gasteiger partial charge in [-0.1, -0.05) is 103 Å². The van der Waals surface area contributed by atoms with Crippen LogP contribution in [0.4, 0.5) is 0 Å². The molecule has 8 aromatic carbocycles. The van der Waals surface area contributed by atoms with Crippen LogP contribution in [0.15, 0.2) is 158 Å². The van der Waals surface area contributed by atoms with Crippen molar-refractivity contribution in [1.29, 1.82) is 0 Å². The fraction of sp³-hybridized carbons (Fsp3) is 0. The molecule has 46 heavy (non-hydrogen) atoms. The van der Waals surface area contributed by atoms with Gasteiger partial charge in [-0.25, -0.2) is 0 Å². The van der Waals surface area contributed by atoms with Gasteiger partial charge in [0.2, 0.25) is 0 Å². The third-order valence-corrected chi connectivity index (χ3v) is 10.2. The van der Waals surface area contributed by atoms with Gasteiger partial charge >= 0.3 is 0 Å². The topological polar surface area (TPSA) is 9.86 Å². The van der Waals surface area contributed by atoms with Gasteiger partial charge in [-0.05, 0) is 98.4 Å². The molecule has 0 N–H and O–H groups in total. The summed E-state index contributed by atoms with van der Waals surface area (Å²) in [4.78, 5) is 0. The van der Waals surface area contributed by atoms with Crippen molar-refractivity contribution in [2.45, 2.75) is 0 Å². The third kappa shape index (κ3) is 3.10. The van der Waals surface area contributed by atoms with Gasteiger partial charge < -0.3 is 9.13 Å². The molecule has 0 saturated heterocycles. The minimum atomic E-state index is 1.17. The van der Waals surface area contributed by atoms with E-state index in [0.717, 1.165) is 0 Å². The molecular weight excluding hydrogens is 556 g/mol. The molecule has 0 unspecified atom stereocenters. The predicted octanol–water partition coefficient (Wildman–Crippen LogP) is 11.8. The first-order valence-electron chi connectivity index (χ1n) is 15.9. The normalized spacial score (nSPS) is 12.3. The lowest BCUT2D eigenvalue weighted by atomic mass is 10.0. The Morgan fingerprint density at radius 3 is 1.63 bits per heavy atom. The Morgan fingerprint density at radius 2 is 0.848 bits per heavy atom. The van der Waals surface area contributed by atoms with Crippen LogP contribution in [-0.2, 0) is 0 Å². The molecule has 0 spiro atoms. The van der Waals surface area contributed by atoms with Crippen LogP contribution in [0.5, 0.6) is 0 Å². The van der Waals surface area contributed by atoms with Crippen LogP contribution in [0, 0.1) is 0 Å². The van der Waals surface area contributed by atoms with Crippen LogP contribution >= 0.6 is 0 Å². The first-order chi connectivity index (χ1) is 22.8. The summed E-state index contributed by atoms with van der Waals surface area (Å²) in [7, 11) is 0. The predicted molar refractivity (Wildman–Crippen MR) is 195 cm³/mol. The highest BCUT2D eigenvalue weighted by molar-refractivity contribution is 6.17. The maximum absolute atomic E-state index is 2.46. The van der Waals surface area contributed by atoms with Gasteiger partial charge in [0.05, 0.1) is 22.1 Å². The molecule has 212 valence electrons. The van der Waals surface area contributed by atoms with Gasteiger partial charge in [-0.2, -0.15) is 0 Å². The zero-order valence-electron chi connectivity index (χ0n) is 24.9. The lowest BCUT2D eigenvalue weighted by molar-refractivity contribution is 1.17. The minimum Gasteiger partial charge on any atom is -0.309 e. The van der Waals surface area contributed by atoms with Crippen molar-refractivity contribution in [2.24, 2.45) is 0 Å². The quantitative estimate of drug-likeness (QED) is 0.192. The molecule has 2 aromatic heterocycles. The summed E-state index contributed by atoms with van der Waals surface area (Å²) in [5.41, 5.74) is 12.5. The van der Waals surface area contributed by atoms with Gasteiger partial charge in [-0.3, -0.25) is 0 Å². The van der Waals surface area contributed by atoms with E-state index in [2.05, 4.69) is 167 Å². The number of hydrogen-bond acceptors (Lipinski definition) is 0. The van der Waals surface area contributed by atoms with E-state index >= 15 is 0 Å². The maximum atomic E-state index is 2.46. The first-order valence-corrected chi connectivity index (χ1v) is 15.9. The number of nitrogens with zero attached hydrogens (tertiary/aromatic N) is 2. The molecule has 10 aromatic rings. The van der Waals surface area contributed by atoms with Crippen LogP contribution in [0.3, 0.4) is 0 Å². The van der Waals surface area contributed by atoms with Gasteiger partial charge in [0.1, 0.15) is 0 Å². The second kappa shape index (κ2) is 8.74. The molecule has 11 rings (SSSR count). The SMILES string of the molecule is c1ccc2c(c1)-c1cccc3cc(-n4c5ccccc5c5cc(-n6c7ccccc7c7cc8ccccc8cc76)ccc54)cc-2c13. The third-order valence-electron chi connectivity index (χ3n) is 10.2. The summed E-state index contributed by atoms with van der Waals surface area (Å²) in [5.74, 6) is 0. The molecule has 1 aliphatic rings. The summed E-state index contributed by atoms with van der Waals surface area (Å²) < 4.78 is 4.90. The fourth-order valence-electron chi connectivity index (χ4n) is 8.24. The van der Waals surface area contributed by atoms with E-state index in [1.807, 2.05) is 0 Å².